The van der Waals surface area contributed by atoms with Gasteiger partial charge in [0.1, 0.15) is 17.4 Å². The minimum atomic E-state index is -0.534. The van der Waals surface area contributed by atoms with Gasteiger partial charge < -0.3 is 10.1 Å². The van der Waals surface area contributed by atoms with Crippen LogP contribution in [0.15, 0.2) is 36.4 Å². The van der Waals surface area contributed by atoms with Crippen molar-refractivity contribution >= 4 is 5.69 Å². The number of fused-ring (bicyclic) bond motifs is 1. The van der Waals surface area contributed by atoms with Crippen LogP contribution in [0.3, 0.4) is 0 Å². The number of ether oxygens (including phenoxy) is 1. The second-order valence-electron chi connectivity index (χ2n) is 4.82. The third-order valence-electron chi connectivity index (χ3n) is 3.47. The molecule has 1 N–H and O–H groups in total. The lowest BCUT2D eigenvalue weighted by atomic mass is 10.0. The Bertz CT molecular complexity index is 625. The van der Waals surface area contributed by atoms with Crippen LogP contribution in [0, 0.1) is 11.6 Å². The summed E-state index contributed by atoms with van der Waals surface area (Å²) in [6.45, 7) is 2.55. The predicted molar refractivity (Wildman–Crippen MR) is 74.0 cm³/mol. The number of nitrogens with one attached hydrogen (secondary N) is 1. The number of anilines is 1. The average Bonchev–Trinajstić information content (AvgIpc) is 2.84. The maximum atomic E-state index is 13.7. The van der Waals surface area contributed by atoms with E-state index in [1.54, 1.807) is 0 Å². The van der Waals surface area contributed by atoms with Gasteiger partial charge in [-0.3, -0.25) is 0 Å². The minimum Gasteiger partial charge on any atom is -0.494 e. The molecule has 1 unspecified atom stereocenters. The molecule has 1 heterocycles. The van der Waals surface area contributed by atoms with Gasteiger partial charge in [0.25, 0.3) is 0 Å². The van der Waals surface area contributed by atoms with Crippen molar-refractivity contribution in [1.82, 2.24) is 0 Å². The highest BCUT2D eigenvalue weighted by Crippen LogP contribution is 2.36. The van der Waals surface area contributed by atoms with Crippen molar-refractivity contribution in [3.8, 4) is 5.75 Å². The van der Waals surface area contributed by atoms with Crippen LogP contribution in [0.1, 0.15) is 24.1 Å². The van der Waals surface area contributed by atoms with Gasteiger partial charge in [0, 0.05) is 6.07 Å². The molecule has 104 valence electrons. The number of hydrogen-bond acceptors (Lipinski definition) is 2. The zero-order valence-electron chi connectivity index (χ0n) is 11.1. The van der Waals surface area contributed by atoms with Gasteiger partial charge in [0.2, 0.25) is 0 Å². The maximum Gasteiger partial charge on any atom is 0.149 e. The summed E-state index contributed by atoms with van der Waals surface area (Å²) in [6, 6.07) is 9.94. The topological polar surface area (TPSA) is 21.3 Å². The van der Waals surface area contributed by atoms with E-state index >= 15 is 0 Å². The molecular formula is C16H15F2NO. The minimum absolute atomic E-state index is 0.0306. The number of benzene rings is 2. The fraction of sp³-hybridized carbons (Fsp3) is 0.250. The summed E-state index contributed by atoms with van der Waals surface area (Å²) in [5.74, 6) is -0.257. The number of rotatable bonds is 3. The fourth-order valence-corrected chi connectivity index (χ4v) is 2.56. The van der Waals surface area contributed by atoms with Crippen molar-refractivity contribution in [3.63, 3.8) is 0 Å². The van der Waals surface area contributed by atoms with E-state index in [1.807, 2.05) is 31.2 Å². The van der Waals surface area contributed by atoms with Gasteiger partial charge in [-0.25, -0.2) is 8.78 Å². The van der Waals surface area contributed by atoms with Crippen molar-refractivity contribution < 1.29 is 13.5 Å². The summed E-state index contributed by atoms with van der Waals surface area (Å²) in [7, 11) is 0. The van der Waals surface area contributed by atoms with E-state index in [2.05, 4.69) is 5.32 Å². The molecule has 0 radical (unpaired) electrons. The summed E-state index contributed by atoms with van der Waals surface area (Å²) in [6.07, 6.45) is 0.581. The van der Waals surface area contributed by atoms with E-state index in [1.165, 1.54) is 6.07 Å². The molecule has 3 rings (SSSR count). The molecule has 0 fully saturated rings. The molecule has 1 atom stereocenters. The quantitative estimate of drug-likeness (QED) is 0.911. The van der Waals surface area contributed by atoms with Gasteiger partial charge in [0.15, 0.2) is 0 Å². The third-order valence-corrected chi connectivity index (χ3v) is 3.47. The zero-order valence-corrected chi connectivity index (χ0v) is 11.1. The lowest BCUT2D eigenvalue weighted by Gasteiger charge is -2.12. The monoisotopic (exact) mass is 275 g/mol. The summed E-state index contributed by atoms with van der Waals surface area (Å²) in [5, 5.41) is 3.12. The first-order valence-electron chi connectivity index (χ1n) is 6.64. The highest BCUT2D eigenvalue weighted by molar-refractivity contribution is 5.59. The largest absolute Gasteiger partial charge is 0.494 e. The molecule has 0 saturated heterocycles. The van der Waals surface area contributed by atoms with E-state index < -0.39 is 11.6 Å². The third kappa shape index (κ3) is 2.33. The number of halogens is 2. The maximum absolute atomic E-state index is 13.7. The standard InChI is InChI=1S/C16H15F2NO/c1-2-20-13-5-3-10(4-6-13)15-8-11-7-12(17)9-14(18)16(11)19-15/h3-7,9,15,19H,2,8H2,1H3. The SMILES string of the molecule is CCOc1ccc(C2Cc3cc(F)cc(F)c3N2)cc1. The molecule has 2 nitrogen and oxygen atoms in total. The predicted octanol–water partition coefficient (Wildman–Crippen LogP) is 4.07. The van der Waals surface area contributed by atoms with Crippen molar-refractivity contribution in [2.45, 2.75) is 19.4 Å². The smallest absolute Gasteiger partial charge is 0.149 e. The summed E-state index contributed by atoms with van der Waals surface area (Å²) in [4.78, 5) is 0. The van der Waals surface area contributed by atoms with E-state index in [-0.39, 0.29) is 6.04 Å². The Hall–Kier alpha value is -2.10. The molecule has 0 spiro atoms. The molecule has 1 aliphatic heterocycles. The van der Waals surface area contributed by atoms with Gasteiger partial charge in [-0.2, -0.15) is 0 Å². The Morgan fingerprint density at radius 1 is 1.20 bits per heavy atom. The molecule has 0 amide bonds. The molecule has 4 heteroatoms. The molecule has 2 aromatic carbocycles. The van der Waals surface area contributed by atoms with E-state index in [9.17, 15) is 8.78 Å². The normalized spacial score (nSPS) is 16.6. The second kappa shape index (κ2) is 5.12. The molecule has 0 bridgehead atoms. The van der Waals surface area contributed by atoms with Crippen LogP contribution in [0.5, 0.6) is 5.75 Å². The Labute approximate surface area is 116 Å². The summed E-state index contributed by atoms with van der Waals surface area (Å²) >= 11 is 0. The van der Waals surface area contributed by atoms with Crippen molar-refractivity contribution in [2.75, 3.05) is 11.9 Å². The molecular weight excluding hydrogens is 260 g/mol. The van der Waals surface area contributed by atoms with Crippen molar-refractivity contribution in [3.05, 3.63) is 59.2 Å². The molecule has 20 heavy (non-hydrogen) atoms. The van der Waals surface area contributed by atoms with E-state index in [0.717, 1.165) is 17.4 Å². The van der Waals surface area contributed by atoms with Gasteiger partial charge in [0.05, 0.1) is 18.3 Å². The zero-order chi connectivity index (χ0) is 14.1. The average molecular weight is 275 g/mol. The van der Waals surface area contributed by atoms with Crippen LogP contribution in [-0.2, 0) is 6.42 Å². The second-order valence-corrected chi connectivity index (χ2v) is 4.82. The highest BCUT2D eigenvalue weighted by atomic mass is 19.1. The fourth-order valence-electron chi connectivity index (χ4n) is 2.56. The molecule has 0 saturated carbocycles. The summed E-state index contributed by atoms with van der Waals surface area (Å²) < 4.78 is 32.3. The van der Waals surface area contributed by atoms with Gasteiger partial charge >= 0.3 is 0 Å². The van der Waals surface area contributed by atoms with E-state index in [4.69, 9.17) is 4.74 Å². The Balaban J connectivity index is 1.82. The first kappa shape index (κ1) is 12.9. The first-order valence-corrected chi connectivity index (χ1v) is 6.64. The number of hydrogen-bond donors (Lipinski definition) is 1. The summed E-state index contributed by atoms with van der Waals surface area (Å²) in [5.41, 5.74) is 2.12. The molecule has 1 aliphatic rings. The van der Waals surface area contributed by atoms with Gasteiger partial charge in [-0.15, -0.1) is 0 Å². The van der Waals surface area contributed by atoms with E-state index in [0.29, 0.717) is 24.3 Å². The van der Waals surface area contributed by atoms with Crippen LogP contribution in [0.2, 0.25) is 0 Å². The van der Waals surface area contributed by atoms with Gasteiger partial charge in [-0.1, -0.05) is 12.1 Å². The highest BCUT2D eigenvalue weighted by Gasteiger charge is 2.25. The van der Waals surface area contributed by atoms with Crippen LogP contribution in [0.4, 0.5) is 14.5 Å². The van der Waals surface area contributed by atoms with Crippen LogP contribution >= 0.6 is 0 Å². The Morgan fingerprint density at radius 2 is 1.95 bits per heavy atom. The molecule has 2 aromatic rings. The van der Waals surface area contributed by atoms with Crippen LogP contribution in [-0.4, -0.2) is 6.61 Å². The first-order chi connectivity index (χ1) is 9.67. The van der Waals surface area contributed by atoms with Crippen molar-refractivity contribution in [2.24, 2.45) is 0 Å². The Morgan fingerprint density at radius 3 is 2.65 bits per heavy atom. The Kier molecular flexibility index (Phi) is 3.30. The van der Waals surface area contributed by atoms with Crippen LogP contribution < -0.4 is 10.1 Å². The lowest BCUT2D eigenvalue weighted by molar-refractivity contribution is 0.340. The molecule has 0 aliphatic carbocycles. The lowest BCUT2D eigenvalue weighted by Crippen LogP contribution is -2.06. The van der Waals surface area contributed by atoms with Gasteiger partial charge in [-0.05, 0) is 42.7 Å². The van der Waals surface area contributed by atoms with Crippen LogP contribution in [0.25, 0.3) is 0 Å². The van der Waals surface area contributed by atoms with Crippen molar-refractivity contribution in [1.29, 1.82) is 0 Å². The molecule has 0 aromatic heterocycles.